The third kappa shape index (κ3) is 3.29. The van der Waals surface area contributed by atoms with Gasteiger partial charge in [0, 0.05) is 13.2 Å². The SMILES string of the molecule is CC1OCCC1C(=O)N1CCS(=O)(=O)CC1CC(=O)O. The predicted molar refractivity (Wildman–Crippen MR) is 69.9 cm³/mol. The van der Waals surface area contributed by atoms with Gasteiger partial charge in [-0.05, 0) is 13.3 Å². The summed E-state index contributed by atoms with van der Waals surface area (Å²) in [6.45, 7) is 2.39. The normalized spacial score (nSPS) is 33.0. The third-order valence-corrected chi connectivity index (χ3v) is 5.61. The minimum Gasteiger partial charge on any atom is -0.481 e. The summed E-state index contributed by atoms with van der Waals surface area (Å²) in [5.41, 5.74) is 0. The molecule has 0 radical (unpaired) electrons. The van der Waals surface area contributed by atoms with Crippen LogP contribution in [0, 0.1) is 5.92 Å². The second-order valence-corrected chi connectivity index (χ2v) is 7.60. The monoisotopic (exact) mass is 305 g/mol. The number of hydrogen-bond acceptors (Lipinski definition) is 5. The number of sulfone groups is 1. The van der Waals surface area contributed by atoms with Gasteiger partial charge >= 0.3 is 5.97 Å². The minimum absolute atomic E-state index is 0.0718. The van der Waals surface area contributed by atoms with Crippen LogP contribution in [0.15, 0.2) is 0 Å². The van der Waals surface area contributed by atoms with Crippen LogP contribution in [0.25, 0.3) is 0 Å². The van der Waals surface area contributed by atoms with Gasteiger partial charge in [0.25, 0.3) is 0 Å². The summed E-state index contributed by atoms with van der Waals surface area (Å²) in [7, 11) is -3.27. The van der Waals surface area contributed by atoms with Crippen molar-refractivity contribution >= 4 is 21.7 Å². The van der Waals surface area contributed by atoms with E-state index in [4.69, 9.17) is 9.84 Å². The van der Waals surface area contributed by atoms with Crippen molar-refractivity contribution < 1.29 is 27.9 Å². The summed E-state index contributed by atoms with van der Waals surface area (Å²) in [6, 6.07) is -0.772. The second kappa shape index (κ2) is 5.69. The molecule has 1 amide bonds. The van der Waals surface area contributed by atoms with Gasteiger partial charge in [0.15, 0.2) is 9.84 Å². The average Bonchev–Trinajstić information content (AvgIpc) is 2.73. The molecule has 2 aliphatic rings. The maximum atomic E-state index is 12.5. The molecule has 0 aromatic carbocycles. The van der Waals surface area contributed by atoms with Crippen molar-refractivity contribution in [3.63, 3.8) is 0 Å². The Balaban J connectivity index is 2.15. The number of hydrogen-bond donors (Lipinski definition) is 1. The molecule has 0 aliphatic carbocycles. The Bertz CT molecular complexity index is 502. The molecule has 2 aliphatic heterocycles. The molecule has 0 spiro atoms. The van der Waals surface area contributed by atoms with E-state index in [2.05, 4.69) is 0 Å². The fourth-order valence-electron chi connectivity index (χ4n) is 2.82. The molecule has 8 heteroatoms. The smallest absolute Gasteiger partial charge is 0.305 e. The second-order valence-electron chi connectivity index (χ2n) is 5.37. The highest BCUT2D eigenvalue weighted by atomic mass is 32.2. The van der Waals surface area contributed by atoms with Crippen LogP contribution in [0.2, 0.25) is 0 Å². The zero-order valence-corrected chi connectivity index (χ0v) is 12.1. The van der Waals surface area contributed by atoms with Gasteiger partial charge in [0.05, 0.1) is 36.0 Å². The summed E-state index contributed by atoms with van der Waals surface area (Å²) in [5.74, 6) is -1.95. The number of carbonyl (C=O) groups is 2. The van der Waals surface area contributed by atoms with Crippen LogP contribution in [0.3, 0.4) is 0 Å². The van der Waals surface area contributed by atoms with Gasteiger partial charge < -0.3 is 14.7 Å². The molecule has 7 nitrogen and oxygen atoms in total. The highest BCUT2D eigenvalue weighted by molar-refractivity contribution is 7.91. The van der Waals surface area contributed by atoms with Crippen LogP contribution in [0.1, 0.15) is 19.8 Å². The molecule has 20 heavy (non-hydrogen) atoms. The van der Waals surface area contributed by atoms with E-state index in [1.807, 2.05) is 6.92 Å². The van der Waals surface area contributed by atoms with Crippen molar-refractivity contribution in [1.82, 2.24) is 4.90 Å². The first-order chi connectivity index (χ1) is 9.30. The Kier molecular flexibility index (Phi) is 4.33. The molecule has 2 saturated heterocycles. The number of nitrogens with zero attached hydrogens (tertiary/aromatic N) is 1. The lowest BCUT2D eigenvalue weighted by Gasteiger charge is -2.36. The van der Waals surface area contributed by atoms with Crippen LogP contribution < -0.4 is 0 Å². The van der Waals surface area contributed by atoms with Crippen LogP contribution in [0.5, 0.6) is 0 Å². The largest absolute Gasteiger partial charge is 0.481 e. The van der Waals surface area contributed by atoms with Gasteiger partial charge in [-0.2, -0.15) is 0 Å². The fraction of sp³-hybridized carbons (Fsp3) is 0.833. The van der Waals surface area contributed by atoms with E-state index >= 15 is 0 Å². The molecule has 114 valence electrons. The number of carbonyl (C=O) groups excluding carboxylic acids is 1. The zero-order valence-electron chi connectivity index (χ0n) is 11.3. The molecule has 1 N–H and O–H groups in total. The van der Waals surface area contributed by atoms with Crippen LogP contribution in [-0.2, 0) is 24.2 Å². The standard InChI is InChI=1S/C12H19NO6S/c1-8-10(2-4-19-8)12(16)13-3-5-20(17,18)7-9(13)6-11(14)15/h8-10H,2-7H2,1H3,(H,14,15). The number of rotatable bonds is 3. The van der Waals surface area contributed by atoms with Crippen molar-refractivity contribution in [2.45, 2.75) is 31.9 Å². The van der Waals surface area contributed by atoms with E-state index in [0.29, 0.717) is 13.0 Å². The third-order valence-electron chi connectivity index (χ3n) is 3.92. The summed E-state index contributed by atoms with van der Waals surface area (Å²) >= 11 is 0. The van der Waals surface area contributed by atoms with Gasteiger partial charge in [-0.15, -0.1) is 0 Å². The molecule has 2 rings (SSSR count). The first-order valence-electron chi connectivity index (χ1n) is 6.64. The minimum atomic E-state index is -3.27. The van der Waals surface area contributed by atoms with Gasteiger partial charge in [0.1, 0.15) is 0 Å². The Morgan fingerprint density at radius 2 is 2.10 bits per heavy atom. The quantitative estimate of drug-likeness (QED) is 0.755. The van der Waals surface area contributed by atoms with Crippen LogP contribution >= 0.6 is 0 Å². The van der Waals surface area contributed by atoms with E-state index < -0.39 is 21.8 Å². The van der Waals surface area contributed by atoms with Crippen LogP contribution in [0.4, 0.5) is 0 Å². The lowest BCUT2D eigenvalue weighted by Crippen LogP contribution is -2.54. The molecular weight excluding hydrogens is 286 g/mol. The number of carboxylic acid groups (broad SMARTS) is 1. The summed E-state index contributed by atoms with van der Waals surface area (Å²) in [4.78, 5) is 24.8. The van der Waals surface area contributed by atoms with Gasteiger partial charge in [0.2, 0.25) is 5.91 Å². The summed E-state index contributed by atoms with van der Waals surface area (Å²) in [6.07, 6.45) is 0.0576. The van der Waals surface area contributed by atoms with Crippen molar-refractivity contribution in [1.29, 1.82) is 0 Å². The highest BCUT2D eigenvalue weighted by Gasteiger charge is 2.40. The summed E-state index contributed by atoms with van der Waals surface area (Å²) < 4.78 is 28.6. The molecular formula is C12H19NO6S. The van der Waals surface area contributed by atoms with E-state index in [0.717, 1.165) is 0 Å². The molecule has 0 saturated carbocycles. The van der Waals surface area contributed by atoms with E-state index in [-0.39, 0.29) is 42.4 Å². The number of ether oxygens (including phenoxy) is 1. The molecule has 0 bridgehead atoms. The first-order valence-corrected chi connectivity index (χ1v) is 8.46. The van der Waals surface area contributed by atoms with Crippen molar-refractivity contribution in [2.24, 2.45) is 5.92 Å². The maximum Gasteiger partial charge on any atom is 0.305 e. The van der Waals surface area contributed by atoms with Gasteiger partial charge in [-0.25, -0.2) is 8.42 Å². The number of aliphatic carboxylic acids is 1. The maximum absolute atomic E-state index is 12.5. The molecule has 2 heterocycles. The predicted octanol–water partition coefficient (Wildman–Crippen LogP) is -0.488. The number of carboxylic acids is 1. The molecule has 3 unspecified atom stereocenters. The Hall–Kier alpha value is -1.15. The fourth-order valence-corrected chi connectivity index (χ4v) is 4.34. The van der Waals surface area contributed by atoms with Crippen molar-refractivity contribution in [3.8, 4) is 0 Å². The first kappa shape index (κ1) is 15.2. The molecule has 2 fully saturated rings. The summed E-state index contributed by atoms with van der Waals surface area (Å²) in [5, 5.41) is 8.90. The zero-order chi connectivity index (χ0) is 14.9. The molecule has 0 aromatic rings. The van der Waals surface area contributed by atoms with Crippen LogP contribution in [-0.4, -0.2) is 67.1 Å². The van der Waals surface area contributed by atoms with E-state index in [1.54, 1.807) is 0 Å². The molecule has 0 aromatic heterocycles. The Morgan fingerprint density at radius 1 is 1.40 bits per heavy atom. The van der Waals surface area contributed by atoms with E-state index in [9.17, 15) is 18.0 Å². The Morgan fingerprint density at radius 3 is 2.65 bits per heavy atom. The molecule has 3 atom stereocenters. The lowest BCUT2D eigenvalue weighted by molar-refractivity contribution is -0.142. The van der Waals surface area contributed by atoms with E-state index in [1.165, 1.54) is 4.90 Å². The lowest BCUT2D eigenvalue weighted by atomic mass is 9.99. The van der Waals surface area contributed by atoms with Crippen molar-refractivity contribution in [3.05, 3.63) is 0 Å². The Labute approximate surface area is 117 Å². The van der Waals surface area contributed by atoms with Gasteiger partial charge in [-0.1, -0.05) is 0 Å². The topological polar surface area (TPSA) is 101 Å². The average molecular weight is 305 g/mol. The highest BCUT2D eigenvalue weighted by Crippen LogP contribution is 2.26. The van der Waals surface area contributed by atoms with Crippen molar-refractivity contribution in [2.75, 3.05) is 24.7 Å². The van der Waals surface area contributed by atoms with Gasteiger partial charge in [-0.3, -0.25) is 9.59 Å². The number of amides is 1.